The summed E-state index contributed by atoms with van der Waals surface area (Å²) in [5.74, 6) is 0.215. The van der Waals surface area contributed by atoms with Crippen molar-refractivity contribution in [2.24, 2.45) is 0 Å². The number of hydrogen-bond donors (Lipinski definition) is 0. The van der Waals surface area contributed by atoms with Gasteiger partial charge in [-0.25, -0.2) is 0 Å². The van der Waals surface area contributed by atoms with Gasteiger partial charge in [-0.15, -0.1) is 0 Å². The van der Waals surface area contributed by atoms with Crippen LogP contribution in [0.3, 0.4) is 0 Å². The number of halogens is 1. The summed E-state index contributed by atoms with van der Waals surface area (Å²) in [6.45, 7) is 0. The first-order valence-corrected chi connectivity index (χ1v) is 8.05. The first-order valence-electron chi connectivity index (χ1n) is 5.12. The van der Waals surface area contributed by atoms with Gasteiger partial charge in [0.15, 0.2) is 5.75 Å². The van der Waals surface area contributed by atoms with E-state index in [0.29, 0.717) is 0 Å². The van der Waals surface area contributed by atoms with Gasteiger partial charge in [0.2, 0.25) is 0 Å². The van der Waals surface area contributed by atoms with Gasteiger partial charge in [0.25, 0.3) is 0 Å². The summed E-state index contributed by atoms with van der Waals surface area (Å²) in [6, 6.07) is 11.4. The van der Waals surface area contributed by atoms with Gasteiger partial charge < -0.3 is 4.18 Å². The highest BCUT2D eigenvalue weighted by Crippen LogP contribution is 2.18. The molecule has 1 aromatic heterocycles. The SMILES string of the molecule is O=S(=O)(Oc1ccc(CI)nc1)c1ccccc1. The third-order valence-electron chi connectivity index (χ3n) is 2.17. The highest BCUT2D eigenvalue weighted by molar-refractivity contribution is 14.1. The molecule has 0 amide bonds. The van der Waals surface area contributed by atoms with E-state index < -0.39 is 10.1 Å². The van der Waals surface area contributed by atoms with Crippen molar-refractivity contribution in [3.8, 4) is 5.75 Å². The number of hydrogen-bond acceptors (Lipinski definition) is 4. The van der Waals surface area contributed by atoms with Crippen LogP contribution in [0.15, 0.2) is 53.6 Å². The van der Waals surface area contributed by atoms with E-state index in [1.165, 1.54) is 18.3 Å². The van der Waals surface area contributed by atoms with Gasteiger partial charge in [0.05, 0.1) is 11.9 Å². The Labute approximate surface area is 119 Å². The van der Waals surface area contributed by atoms with Gasteiger partial charge in [-0.1, -0.05) is 40.8 Å². The number of pyridine rings is 1. The van der Waals surface area contributed by atoms with Crippen LogP contribution in [-0.2, 0) is 14.5 Å². The Morgan fingerprint density at radius 3 is 2.39 bits per heavy atom. The van der Waals surface area contributed by atoms with Gasteiger partial charge in [0.1, 0.15) is 4.90 Å². The Balaban J connectivity index is 2.22. The summed E-state index contributed by atoms with van der Waals surface area (Å²) >= 11 is 2.18. The minimum atomic E-state index is -3.77. The fraction of sp³-hybridized carbons (Fsp3) is 0.0833. The minimum absolute atomic E-state index is 0.128. The van der Waals surface area contributed by atoms with Gasteiger partial charge >= 0.3 is 10.1 Å². The minimum Gasteiger partial charge on any atom is -0.377 e. The van der Waals surface area contributed by atoms with E-state index in [-0.39, 0.29) is 10.6 Å². The smallest absolute Gasteiger partial charge is 0.339 e. The quantitative estimate of drug-likeness (QED) is 0.469. The Kier molecular flexibility index (Phi) is 4.18. The normalized spacial score (nSPS) is 11.2. The van der Waals surface area contributed by atoms with Crippen LogP contribution in [0.4, 0.5) is 0 Å². The molecule has 1 aromatic carbocycles. The Morgan fingerprint density at radius 2 is 1.83 bits per heavy atom. The van der Waals surface area contributed by atoms with Crippen LogP contribution in [-0.4, -0.2) is 13.4 Å². The number of nitrogens with zero attached hydrogens (tertiary/aromatic N) is 1. The molecule has 0 aliphatic rings. The van der Waals surface area contributed by atoms with Crippen molar-refractivity contribution in [3.05, 3.63) is 54.4 Å². The molecule has 2 aromatic rings. The average molecular weight is 375 g/mol. The lowest BCUT2D eigenvalue weighted by molar-refractivity contribution is 0.484. The summed E-state index contributed by atoms with van der Waals surface area (Å²) in [5, 5.41) is 0. The first-order chi connectivity index (χ1) is 8.62. The molecule has 0 aliphatic heterocycles. The van der Waals surface area contributed by atoms with Crippen LogP contribution < -0.4 is 4.18 Å². The van der Waals surface area contributed by atoms with Crippen molar-refractivity contribution in [1.82, 2.24) is 4.98 Å². The zero-order valence-electron chi connectivity index (χ0n) is 9.28. The molecule has 18 heavy (non-hydrogen) atoms. The number of benzene rings is 1. The molecule has 2 rings (SSSR count). The summed E-state index contributed by atoms with van der Waals surface area (Å²) in [5.41, 5.74) is 0.875. The van der Waals surface area contributed by atoms with E-state index in [1.807, 2.05) is 0 Å². The molecule has 0 bridgehead atoms. The highest BCUT2D eigenvalue weighted by atomic mass is 127. The zero-order chi connectivity index (χ0) is 13.0. The molecule has 0 aliphatic carbocycles. The van der Waals surface area contributed by atoms with Gasteiger partial charge in [0, 0.05) is 4.43 Å². The lowest BCUT2D eigenvalue weighted by atomic mass is 10.4. The topological polar surface area (TPSA) is 56.3 Å². The molecule has 0 unspecified atom stereocenters. The van der Waals surface area contributed by atoms with Crippen LogP contribution in [0.1, 0.15) is 5.69 Å². The maximum Gasteiger partial charge on any atom is 0.339 e. The van der Waals surface area contributed by atoms with Crippen molar-refractivity contribution in [2.75, 3.05) is 0 Å². The van der Waals surface area contributed by atoms with E-state index in [1.54, 1.807) is 30.3 Å². The molecule has 0 saturated heterocycles. The van der Waals surface area contributed by atoms with Crippen LogP contribution >= 0.6 is 22.6 Å². The van der Waals surface area contributed by atoms with Crippen molar-refractivity contribution < 1.29 is 12.6 Å². The molecule has 94 valence electrons. The van der Waals surface area contributed by atoms with Crippen LogP contribution in [0.5, 0.6) is 5.75 Å². The van der Waals surface area contributed by atoms with E-state index in [2.05, 4.69) is 27.6 Å². The summed E-state index contributed by atoms with van der Waals surface area (Å²) in [4.78, 5) is 4.21. The Bertz CT molecular complexity index is 612. The predicted octanol–water partition coefficient (Wildman–Crippen LogP) is 2.78. The second kappa shape index (κ2) is 5.66. The second-order valence-electron chi connectivity index (χ2n) is 3.47. The molecule has 0 saturated carbocycles. The predicted molar refractivity (Wildman–Crippen MR) is 76.2 cm³/mol. The van der Waals surface area contributed by atoms with E-state index in [0.717, 1.165) is 10.1 Å². The molecule has 0 atom stereocenters. The van der Waals surface area contributed by atoms with Crippen molar-refractivity contribution in [1.29, 1.82) is 0 Å². The van der Waals surface area contributed by atoms with Crippen molar-refractivity contribution in [2.45, 2.75) is 9.32 Å². The van der Waals surface area contributed by atoms with Gasteiger partial charge in [-0.2, -0.15) is 8.42 Å². The first kappa shape index (κ1) is 13.3. The van der Waals surface area contributed by atoms with Crippen molar-refractivity contribution >= 4 is 32.7 Å². The van der Waals surface area contributed by atoms with E-state index in [4.69, 9.17) is 4.18 Å². The fourth-order valence-electron chi connectivity index (χ4n) is 1.30. The molecule has 0 N–H and O–H groups in total. The fourth-order valence-corrected chi connectivity index (χ4v) is 2.69. The zero-order valence-corrected chi connectivity index (χ0v) is 12.3. The maximum absolute atomic E-state index is 11.9. The molecule has 0 radical (unpaired) electrons. The van der Waals surface area contributed by atoms with E-state index >= 15 is 0 Å². The lowest BCUT2D eigenvalue weighted by Gasteiger charge is -2.06. The van der Waals surface area contributed by atoms with Gasteiger partial charge in [-0.05, 0) is 24.3 Å². The Morgan fingerprint density at radius 1 is 1.11 bits per heavy atom. The monoisotopic (exact) mass is 375 g/mol. The number of alkyl halides is 1. The van der Waals surface area contributed by atoms with Gasteiger partial charge in [-0.3, -0.25) is 4.98 Å². The molecular weight excluding hydrogens is 365 g/mol. The third kappa shape index (κ3) is 3.20. The number of rotatable bonds is 4. The molecule has 0 spiro atoms. The Hall–Kier alpha value is -1.15. The summed E-state index contributed by atoms with van der Waals surface area (Å²) in [7, 11) is -3.77. The van der Waals surface area contributed by atoms with E-state index in [9.17, 15) is 8.42 Å². The van der Waals surface area contributed by atoms with Crippen LogP contribution in [0.25, 0.3) is 0 Å². The summed E-state index contributed by atoms with van der Waals surface area (Å²) in [6.07, 6.45) is 1.41. The van der Waals surface area contributed by atoms with Crippen molar-refractivity contribution in [3.63, 3.8) is 0 Å². The average Bonchev–Trinajstić information content (AvgIpc) is 2.40. The lowest BCUT2D eigenvalue weighted by Crippen LogP contribution is -2.09. The standard InChI is InChI=1S/C12H10INO3S/c13-8-10-6-7-11(9-14-10)17-18(15,16)12-4-2-1-3-5-12/h1-7,9H,8H2. The maximum atomic E-state index is 11.9. The molecule has 1 heterocycles. The summed E-state index contributed by atoms with van der Waals surface area (Å²) < 4.78 is 29.6. The third-order valence-corrected chi connectivity index (χ3v) is 4.22. The second-order valence-corrected chi connectivity index (χ2v) is 5.78. The number of aromatic nitrogens is 1. The van der Waals surface area contributed by atoms with Crippen LogP contribution in [0, 0.1) is 0 Å². The van der Waals surface area contributed by atoms with Crippen LogP contribution in [0.2, 0.25) is 0 Å². The largest absolute Gasteiger partial charge is 0.377 e. The molecule has 6 heteroatoms. The molecule has 4 nitrogen and oxygen atoms in total. The highest BCUT2D eigenvalue weighted by Gasteiger charge is 2.15. The molecule has 0 fully saturated rings. The molecular formula is C12H10INO3S.